The second-order valence-electron chi connectivity index (χ2n) is 3.74. The zero-order chi connectivity index (χ0) is 11.9. The van der Waals surface area contributed by atoms with Crippen LogP contribution >= 0.6 is 11.3 Å². The lowest BCUT2D eigenvalue weighted by Gasteiger charge is -1.98. The minimum atomic E-state index is 0.858. The molecule has 0 bridgehead atoms. The van der Waals surface area contributed by atoms with Crippen LogP contribution in [0, 0.1) is 0 Å². The van der Waals surface area contributed by atoms with Crippen molar-refractivity contribution in [2.45, 2.75) is 6.42 Å². The molecule has 0 saturated carbocycles. The molecule has 0 saturated heterocycles. The molecule has 0 amide bonds. The van der Waals surface area contributed by atoms with E-state index >= 15 is 0 Å². The van der Waals surface area contributed by atoms with Crippen LogP contribution < -0.4 is 5.32 Å². The first-order chi connectivity index (χ1) is 8.40. The van der Waals surface area contributed by atoms with Crippen molar-refractivity contribution in [2.75, 3.05) is 13.1 Å². The van der Waals surface area contributed by atoms with E-state index in [0.717, 1.165) is 25.2 Å². The van der Waals surface area contributed by atoms with E-state index in [1.165, 1.54) is 10.6 Å². The summed E-state index contributed by atoms with van der Waals surface area (Å²) in [6.07, 6.45) is 2.85. The van der Waals surface area contributed by atoms with Crippen LogP contribution in [-0.2, 0) is 6.42 Å². The summed E-state index contributed by atoms with van der Waals surface area (Å²) in [5, 5.41) is 6.59. The van der Waals surface area contributed by atoms with Crippen molar-refractivity contribution in [1.29, 1.82) is 0 Å². The largest absolute Gasteiger partial charge is 0.313 e. The molecule has 0 atom stereocenters. The van der Waals surface area contributed by atoms with Crippen LogP contribution in [0.3, 0.4) is 0 Å². The number of benzene rings is 1. The lowest BCUT2D eigenvalue weighted by Crippen LogP contribution is -2.16. The maximum atomic E-state index is 4.63. The summed E-state index contributed by atoms with van der Waals surface area (Å²) in [5.41, 5.74) is 2.27. The van der Waals surface area contributed by atoms with Gasteiger partial charge in [-0.2, -0.15) is 0 Å². The zero-order valence-electron chi connectivity index (χ0n) is 9.73. The maximum absolute atomic E-state index is 4.63. The van der Waals surface area contributed by atoms with Gasteiger partial charge in [-0.15, -0.1) is 17.9 Å². The third kappa shape index (κ3) is 3.51. The van der Waals surface area contributed by atoms with Crippen LogP contribution in [0.1, 0.15) is 5.01 Å². The molecule has 0 radical (unpaired) electrons. The van der Waals surface area contributed by atoms with Gasteiger partial charge in [-0.3, -0.25) is 0 Å². The Balaban J connectivity index is 1.94. The molecule has 2 nitrogen and oxygen atoms in total. The van der Waals surface area contributed by atoms with Gasteiger partial charge in [0, 0.05) is 30.5 Å². The summed E-state index contributed by atoms with van der Waals surface area (Å²) in [4.78, 5) is 4.63. The normalized spacial score (nSPS) is 10.4. The Morgan fingerprint density at radius 1 is 1.29 bits per heavy atom. The molecule has 0 spiro atoms. The van der Waals surface area contributed by atoms with Crippen LogP contribution in [0.5, 0.6) is 0 Å². The third-order valence-electron chi connectivity index (χ3n) is 2.43. The highest BCUT2D eigenvalue weighted by molar-refractivity contribution is 7.09. The molecule has 1 heterocycles. The molecular formula is C14H16N2S. The number of hydrogen-bond acceptors (Lipinski definition) is 3. The molecule has 2 rings (SSSR count). The van der Waals surface area contributed by atoms with E-state index in [2.05, 4.69) is 34.4 Å². The molecule has 3 heteroatoms. The van der Waals surface area contributed by atoms with Crippen molar-refractivity contribution in [2.24, 2.45) is 0 Å². The van der Waals surface area contributed by atoms with Gasteiger partial charge in [-0.05, 0) is 0 Å². The Kier molecular flexibility index (Phi) is 4.47. The topological polar surface area (TPSA) is 24.9 Å². The van der Waals surface area contributed by atoms with Crippen LogP contribution in [-0.4, -0.2) is 18.1 Å². The van der Waals surface area contributed by atoms with Crippen LogP contribution in [0.4, 0.5) is 0 Å². The second-order valence-corrected chi connectivity index (χ2v) is 4.68. The molecule has 0 aliphatic rings. The highest BCUT2D eigenvalue weighted by Crippen LogP contribution is 2.21. The van der Waals surface area contributed by atoms with Gasteiger partial charge < -0.3 is 5.32 Å². The molecule has 2 aromatic rings. The van der Waals surface area contributed by atoms with Gasteiger partial charge >= 0.3 is 0 Å². The van der Waals surface area contributed by atoms with Crippen molar-refractivity contribution >= 4 is 11.3 Å². The Morgan fingerprint density at radius 2 is 2.12 bits per heavy atom. The summed E-state index contributed by atoms with van der Waals surface area (Å²) in [5.74, 6) is 0. The molecule has 1 N–H and O–H groups in total. The minimum absolute atomic E-state index is 0.858. The molecule has 0 unspecified atom stereocenters. The lowest BCUT2D eigenvalue weighted by molar-refractivity contribution is 0.742. The molecule has 1 aromatic carbocycles. The molecule has 88 valence electrons. The first-order valence-electron chi connectivity index (χ1n) is 5.71. The molecule has 0 aliphatic heterocycles. The fourth-order valence-electron chi connectivity index (χ4n) is 1.57. The number of nitrogens with zero attached hydrogens (tertiary/aromatic N) is 1. The number of nitrogens with one attached hydrogen (secondary N) is 1. The fourth-order valence-corrected chi connectivity index (χ4v) is 2.37. The van der Waals surface area contributed by atoms with Crippen LogP contribution in [0.15, 0.2) is 48.4 Å². The van der Waals surface area contributed by atoms with Crippen molar-refractivity contribution in [1.82, 2.24) is 10.3 Å². The Hall–Kier alpha value is -1.45. The molecule has 0 aliphatic carbocycles. The molecule has 17 heavy (non-hydrogen) atoms. The number of hydrogen-bond donors (Lipinski definition) is 1. The average molecular weight is 244 g/mol. The molecule has 0 fully saturated rings. The standard InChI is InChI=1S/C14H16N2S/c1-2-9-15-10-8-14-16-13(11-17-14)12-6-4-3-5-7-12/h2-7,11,15H,1,8-10H2. The SMILES string of the molecule is C=CCNCCc1nc(-c2ccccc2)cs1. The number of thiazole rings is 1. The van der Waals surface area contributed by atoms with E-state index in [4.69, 9.17) is 0 Å². The van der Waals surface area contributed by atoms with E-state index in [1.54, 1.807) is 11.3 Å². The summed E-state index contributed by atoms with van der Waals surface area (Å²) < 4.78 is 0. The first kappa shape index (κ1) is 12.0. The van der Waals surface area contributed by atoms with Gasteiger partial charge in [0.2, 0.25) is 0 Å². The second kappa shape index (κ2) is 6.33. The summed E-state index contributed by atoms with van der Waals surface area (Å²) in [7, 11) is 0. The average Bonchev–Trinajstić information content (AvgIpc) is 2.85. The maximum Gasteiger partial charge on any atom is 0.0945 e. The highest BCUT2D eigenvalue weighted by atomic mass is 32.1. The number of aromatic nitrogens is 1. The van der Waals surface area contributed by atoms with E-state index in [-0.39, 0.29) is 0 Å². The zero-order valence-corrected chi connectivity index (χ0v) is 10.5. The third-order valence-corrected chi connectivity index (χ3v) is 3.33. The van der Waals surface area contributed by atoms with E-state index in [0.29, 0.717) is 0 Å². The molecular weight excluding hydrogens is 228 g/mol. The predicted octanol–water partition coefficient (Wildman–Crippen LogP) is 3.13. The Bertz CT molecular complexity index is 462. The first-order valence-corrected chi connectivity index (χ1v) is 6.59. The summed E-state index contributed by atoms with van der Waals surface area (Å²) in [6.45, 7) is 5.48. The Labute approximate surface area is 106 Å². The van der Waals surface area contributed by atoms with Crippen molar-refractivity contribution in [3.63, 3.8) is 0 Å². The van der Waals surface area contributed by atoms with E-state index in [1.807, 2.05) is 24.3 Å². The van der Waals surface area contributed by atoms with Gasteiger partial charge in [0.05, 0.1) is 10.7 Å². The van der Waals surface area contributed by atoms with Crippen molar-refractivity contribution in [3.05, 3.63) is 53.4 Å². The van der Waals surface area contributed by atoms with Crippen LogP contribution in [0.25, 0.3) is 11.3 Å². The Morgan fingerprint density at radius 3 is 2.88 bits per heavy atom. The van der Waals surface area contributed by atoms with Crippen molar-refractivity contribution in [3.8, 4) is 11.3 Å². The van der Waals surface area contributed by atoms with E-state index in [9.17, 15) is 0 Å². The van der Waals surface area contributed by atoms with E-state index < -0.39 is 0 Å². The monoisotopic (exact) mass is 244 g/mol. The quantitative estimate of drug-likeness (QED) is 0.624. The van der Waals surface area contributed by atoms with Crippen LogP contribution in [0.2, 0.25) is 0 Å². The van der Waals surface area contributed by atoms with Gasteiger partial charge in [0.1, 0.15) is 0 Å². The fraction of sp³-hybridized carbons (Fsp3) is 0.214. The lowest BCUT2D eigenvalue weighted by atomic mass is 10.2. The van der Waals surface area contributed by atoms with Crippen molar-refractivity contribution < 1.29 is 0 Å². The van der Waals surface area contributed by atoms with Gasteiger partial charge in [0.25, 0.3) is 0 Å². The van der Waals surface area contributed by atoms with Gasteiger partial charge in [0.15, 0.2) is 0 Å². The smallest absolute Gasteiger partial charge is 0.0945 e. The predicted molar refractivity (Wildman–Crippen MR) is 74.3 cm³/mol. The summed E-state index contributed by atoms with van der Waals surface area (Å²) >= 11 is 1.73. The van der Waals surface area contributed by atoms with Gasteiger partial charge in [-0.1, -0.05) is 36.4 Å². The minimum Gasteiger partial charge on any atom is -0.313 e. The summed E-state index contributed by atoms with van der Waals surface area (Å²) in [6, 6.07) is 10.3. The van der Waals surface area contributed by atoms with Gasteiger partial charge in [-0.25, -0.2) is 4.98 Å². The number of rotatable bonds is 6. The molecule has 1 aromatic heterocycles. The highest BCUT2D eigenvalue weighted by Gasteiger charge is 2.03.